The van der Waals surface area contributed by atoms with Crippen LogP contribution in [0.3, 0.4) is 0 Å². The molecule has 20 heavy (non-hydrogen) atoms. The molecule has 1 aromatic rings. The molecule has 0 spiro atoms. The summed E-state index contributed by atoms with van der Waals surface area (Å²) in [5.74, 6) is -1.36. The van der Waals surface area contributed by atoms with Crippen molar-refractivity contribution in [3.05, 3.63) is 23.8 Å². The number of nitrogens with two attached hydrogens (primary N) is 1. The maximum absolute atomic E-state index is 13.8. The molecule has 1 aromatic heterocycles. The number of rotatable bonds is 3. The third-order valence-corrected chi connectivity index (χ3v) is 3.90. The first-order chi connectivity index (χ1) is 9.14. The van der Waals surface area contributed by atoms with Gasteiger partial charge in [0.2, 0.25) is 11.9 Å². The molecule has 0 aliphatic carbocycles. The molecule has 5 nitrogen and oxygen atoms in total. The van der Waals surface area contributed by atoms with Gasteiger partial charge in [-0.1, -0.05) is 0 Å². The topological polar surface area (TPSA) is 74.4 Å². The van der Waals surface area contributed by atoms with E-state index in [-0.39, 0.29) is 12.0 Å². The summed E-state index contributed by atoms with van der Waals surface area (Å²) in [5, 5.41) is 0. The third-order valence-electron chi connectivity index (χ3n) is 3.90. The van der Waals surface area contributed by atoms with Crippen molar-refractivity contribution in [3.63, 3.8) is 0 Å². The zero-order valence-corrected chi connectivity index (χ0v) is 12.1. The molecule has 1 amide bonds. The molecule has 0 atom stereocenters. The van der Waals surface area contributed by atoms with E-state index in [1.807, 2.05) is 27.7 Å². The van der Waals surface area contributed by atoms with Crippen LogP contribution in [0, 0.1) is 5.95 Å². The summed E-state index contributed by atoms with van der Waals surface area (Å²) < 4.78 is 25.5. The maximum atomic E-state index is 13.8. The van der Waals surface area contributed by atoms with Crippen LogP contribution in [0.15, 0.2) is 12.3 Å². The van der Waals surface area contributed by atoms with E-state index in [9.17, 15) is 9.18 Å². The Morgan fingerprint density at radius 3 is 2.40 bits per heavy atom. The van der Waals surface area contributed by atoms with Crippen molar-refractivity contribution in [1.29, 1.82) is 0 Å². The summed E-state index contributed by atoms with van der Waals surface area (Å²) in [6.07, 6.45) is 1.08. The second-order valence-electron chi connectivity index (χ2n) is 5.90. The highest BCUT2D eigenvalue weighted by atomic mass is 19.1. The molecule has 0 radical (unpaired) electrons. The van der Waals surface area contributed by atoms with Crippen molar-refractivity contribution in [2.24, 2.45) is 5.73 Å². The van der Waals surface area contributed by atoms with E-state index in [1.165, 1.54) is 6.20 Å². The molecule has 0 unspecified atom stereocenters. The van der Waals surface area contributed by atoms with Crippen molar-refractivity contribution in [2.75, 3.05) is 0 Å². The highest BCUT2D eigenvalue weighted by Gasteiger charge is 2.52. The molecule has 0 aromatic carbocycles. The lowest BCUT2D eigenvalue weighted by atomic mass is 9.76. The lowest BCUT2D eigenvalue weighted by Crippen LogP contribution is -2.41. The summed E-state index contributed by atoms with van der Waals surface area (Å²) in [6.45, 7) is 7.60. The summed E-state index contributed by atoms with van der Waals surface area (Å²) in [7, 11) is -0.744. The van der Waals surface area contributed by atoms with Crippen LogP contribution in [-0.4, -0.2) is 29.2 Å². The van der Waals surface area contributed by atoms with Gasteiger partial charge in [0.15, 0.2) is 0 Å². The highest BCUT2D eigenvalue weighted by molar-refractivity contribution is 6.62. The number of amides is 1. The first-order valence-electron chi connectivity index (χ1n) is 6.41. The van der Waals surface area contributed by atoms with Gasteiger partial charge in [0.05, 0.1) is 17.6 Å². The van der Waals surface area contributed by atoms with Gasteiger partial charge in [-0.15, -0.1) is 0 Å². The van der Waals surface area contributed by atoms with Gasteiger partial charge in [0.1, 0.15) is 0 Å². The Bertz CT molecular complexity index is 532. The molecule has 108 valence electrons. The van der Waals surface area contributed by atoms with Crippen LogP contribution < -0.4 is 11.2 Å². The van der Waals surface area contributed by atoms with Crippen molar-refractivity contribution < 1.29 is 18.5 Å². The fraction of sp³-hybridized carbons (Fsp3) is 0.538. The number of hydrogen-bond donors (Lipinski definition) is 1. The number of primary amides is 1. The number of carbonyl (C=O) groups excluding carboxylic acids is 1. The van der Waals surface area contributed by atoms with Gasteiger partial charge in [-0.3, -0.25) is 4.79 Å². The third kappa shape index (κ3) is 2.55. The van der Waals surface area contributed by atoms with Gasteiger partial charge < -0.3 is 15.0 Å². The Morgan fingerprint density at radius 1 is 1.35 bits per heavy atom. The molecule has 0 bridgehead atoms. The predicted octanol–water partition coefficient (Wildman–Crippen LogP) is 0.548. The van der Waals surface area contributed by atoms with Crippen LogP contribution in [0.25, 0.3) is 0 Å². The second kappa shape index (κ2) is 4.82. The van der Waals surface area contributed by atoms with E-state index in [1.54, 1.807) is 6.07 Å². The summed E-state index contributed by atoms with van der Waals surface area (Å²) >= 11 is 0. The lowest BCUT2D eigenvalue weighted by molar-refractivity contribution is -0.117. The van der Waals surface area contributed by atoms with Crippen molar-refractivity contribution in [3.8, 4) is 0 Å². The van der Waals surface area contributed by atoms with Crippen molar-refractivity contribution in [2.45, 2.75) is 45.3 Å². The fourth-order valence-electron chi connectivity index (χ4n) is 2.02. The zero-order chi connectivity index (χ0) is 15.1. The van der Waals surface area contributed by atoms with E-state index < -0.39 is 30.2 Å². The van der Waals surface area contributed by atoms with Gasteiger partial charge >= 0.3 is 7.12 Å². The van der Waals surface area contributed by atoms with Gasteiger partial charge in [-0.05, 0) is 39.2 Å². The highest BCUT2D eigenvalue weighted by Crippen LogP contribution is 2.36. The molecule has 0 saturated carbocycles. The average molecular weight is 280 g/mol. The fourth-order valence-corrected chi connectivity index (χ4v) is 2.02. The summed E-state index contributed by atoms with van der Waals surface area (Å²) in [6, 6.07) is 1.59. The molecular weight excluding hydrogens is 262 g/mol. The smallest absolute Gasteiger partial charge is 0.399 e. The zero-order valence-electron chi connectivity index (χ0n) is 12.1. The largest absolute Gasteiger partial charge is 0.495 e. The standard InChI is InChI=1S/C13H18BFN2O3/c1-12(2)13(3,4)20-14(19-12)9-5-6-17-11(15)8(9)7-10(16)18/h5-6H,7H2,1-4H3,(H2,16,18). The van der Waals surface area contributed by atoms with Gasteiger partial charge in [-0.25, -0.2) is 4.98 Å². The lowest BCUT2D eigenvalue weighted by Gasteiger charge is -2.32. The van der Waals surface area contributed by atoms with Crippen LogP contribution in [0.1, 0.15) is 33.3 Å². The number of nitrogens with zero attached hydrogens (tertiary/aromatic N) is 1. The molecule has 2 N–H and O–H groups in total. The molecule has 1 fully saturated rings. The minimum atomic E-state index is -0.744. The number of pyridine rings is 1. The Hall–Kier alpha value is -1.47. The molecule has 1 saturated heterocycles. The first kappa shape index (κ1) is 14.9. The van der Waals surface area contributed by atoms with E-state index >= 15 is 0 Å². The Balaban J connectivity index is 2.40. The normalized spacial score (nSPS) is 20.1. The predicted molar refractivity (Wildman–Crippen MR) is 72.8 cm³/mol. The maximum Gasteiger partial charge on any atom is 0.495 e. The van der Waals surface area contributed by atoms with Gasteiger partial charge in [0, 0.05) is 11.8 Å². The molecule has 1 aliphatic heterocycles. The van der Waals surface area contributed by atoms with E-state index in [4.69, 9.17) is 15.0 Å². The Labute approximate surface area is 117 Å². The Morgan fingerprint density at radius 2 is 1.90 bits per heavy atom. The van der Waals surface area contributed by atoms with E-state index in [0.717, 1.165) is 0 Å². The van der Waals surface area contributed by atoms with Crippen molar-refractivity contribution in [1.82, 2.24) is 4.98 Å². The summed E-state index contributed by atoms with van der Waals surface area (Å²) in [4.78, 5) is 14.6. The molecule has 2 rings (SSSR count). The summed E-state index contributed by atoms with van der Waals surface area (Å²) in [5.41, 5.74) is 4.65. The monoisotopic (exact) mass is 280 g/mol. The number of carbonyl (C=O) groups is 1. The van der Waals surface area contributed by atoms with Crippen LogP contribution in [-0.2, 0) is 20.5 Å². The van der Waals surface area contributed by atoms with Crippen LogP contribution >= 0.6 is 0 Å². The second-order valence-corrected chi connectivity index (χ2v) is 5.90. The number of halogens is 1. The number of aromatic nitrogens is 1. The van der Waals surface area contributed by atoms with Gasteiger partial charge in [0.25, 0.3) is 0 Å². The molecule has 1 aliphatic rings. The van der Waals surface area contributed by atoms with Crippen LogP contribution in [0.4, 0.5) is 4.39 Å². The molecular formula is C13H18BFN2O3. The molecule has 2 heterocycles. The Kier molecular flexibility index (Phi) is 3.60. The van der Waals surface area contributed by atoms with Crippen LogP contribution in [0.2, 0.25) is 0 Å². The number of hydrogen-bond acceptors (Lipinski definition) is 4. The minimum absolute atomic E-state index is 0.124. The SMILES string of the molecule is CC1(C)OB(c2ccnc(F)c2CC(N)=O)OC1(C)C. The molecule has 7 heteroatoms. The van der Waals surface area contributed by atoms with Gasteiger partial charge in [-0.2, -0.15) is 4.39 Å². The quantitative estimate of drug-likeness (QED) is 0.648. The van der Waals surface area contributed by atoms with E-state index in [0.29, 0.717) is 5.46 Å². The van der Waals surface area contributed by atoms with Crippen LogP contribution in [0.5, 0.6) is 0 Å². The first-order valence-corrected chi connectivity index (χ1v) is 6.41. The average Bonchev–Trinajstić information content (AvgIpc) is 2.50. The van der Waals surface area contributed by atoms with Crippen molar-refractivity contribution >= 4 is 18.5 Å². The minimum Gasteiger partial charge on any atom is -0.399 e. The van der Waals surface area contributed by atoms with E-state index in [2.05, 4.69) is 4.98 Å².